The van der Waals surface area contributed by atoms with Crippen molar-refractivity contribution in [1.82, 2.24) is 4.72 Å². The molecule has 8 heteroatoms. The van der Waals surface area contributed by atoms with E-state index in [0.717, 1.165) is 17.7 Å². The first kappa shape index (κ1) is 20.6. The minimum absolute atomic E-state index is 0.0504. The number of sulfonamides is 1. The summed E-state index contributed by atoms with van der Waals surface area (Å²) in [5, 5.41) is 18.0. The molecule has 0 amide bonds. The van der Waals surface area contributed by atoms with Crippen molar-refractivity contribution in [3.05, 3.63) is 71.0 Å². The molecule has 0 fully saturated rings. The summed E-state index contributed by atoms with van der Waals surface area (Å²) < 4.78 is 40.8. The molecule has 0 spiro atoms. The van der Waals surface area contributed by atoms with Crippen LogP contribution in [0.1, 0.15) is 29.5 Å². The molecule has 2 N–H and O–H groups in total. The van der Waals surface area contributed by atoms with Crippen LogP contribution in [0.25, 0.3) is 0 Å². The van der Waals surface area contributed by atoms with Crippen LogP contribution in [-0.4, -0.2) is 25.5 Å². The first-order chi connectivity index (χ1) is 12.8. The van der Waals surface area contributed by atoms with Crippen LogP contribution in [0.4, 0.5) is 4.39 Å². The van der Waals surface area contributed by atoms with E-state index in [0.29, 0.717) is 6.42 Å². The Morgan fingerprint density at radius 2 is 1.93 bits per heavy atom. The third-order valence-electron chi connectivity index (χ3n) is 3.92. The van der Waals surface area contributed by atoms with Crippen LogP contribution >= 0.6 is 0 Å². The fourth-order valence-corrected chi connectivity index (χ4v) is 4.13. The quantitative estimate of drug-likeness (QED) is 0.684. The fourth-order valence-electron chi connectivity index (χ4n) is 2.68. The van der Waals surface area contributed by atoms with E-state index >= 15 is 0 Å². The Kier molecular flexibility index (Phi) is 7.05. The SMILES string of the molecule is N#Cc1cc(F)ccc1CS(=O)(=O)NC(CCC(=O)O)Cc1ccccc1. The van der Waals surface area contributed by atoms with Crippen molar-refractivity contribution in [2.45, 2.75) is 31.1 Å². The topological polar surface area (TPSA) is 107 Å². The smallest absolute Gasteiger partial charge is 0.303 e. The molecule has 0 aliphatic heterocycles. The second-order valence-electron chi connectivity index (χ2n) is 6.11. The zero-order chi connectivity index (χ0) is 19.9. The maximum atomic E-state index is 13.2. The standard InChI is InChI=1S/C19H19FN2O4S/c20-17-7-6-15(16(11-17)12-21)13-27(25,26)22-18(8-9-19(23)24)10-14-4-2-1-3-5-14/h1-7,11,18,22H,8-10,13H2,(H,23,24). The summed E-state index contributed by atoms with van der Waals surface area (Å²) in [5.74, 6) is -2.13. The van der Waals surface area contributed by atoms with Crippen molar-refractivity contribution in [2.75, 3.05) is 0 Å². The van der Waals surface area contributed by atoms with Gasteiger partial charge in [0.25, 0.3) is 0 Å². The van der Waals surface area contributed by atoms with Gasteiger partial charge in [-0.25, -0.2) is 17.5 Å². The number of carboxylic acid groups (broad SMARTS) is 1. The van der Waals surface area contributed by atoms with E-state index in [9.17, 15) is 17.6 Å². The number of hydrogen-bond donors (Lipinski definition) is 2. The number of halogens is 1. The summed E-state index contributed by atoms with van der Waals surface area (Å²) in [7, 11) is -3.86. The van der Waals surface area contributed by atoms with Crippen molar-refractivity contribution in [2.24, 2.45) is 0 Å². The van der Waals surface area contributed by atoms with Gasteiger partial charge in [0.15, 0.2) is 0 Å². The predicted octanol–water partition coefficient (Wildman–Crippen LogP) is 2.59. The number of benzene rings is 2. The highest BCUT2D eigenvalue weighted by molar-refractivity contribution is 7.88. The highest BCUT2D eigenvalue weighted by Crippen LogP contribution is 2.15. The lowest BCUT2D eigenvalue weighted by Gasteiger charge is -2.18. The third-order valence-corrected chi connectivity index (χ3v) is 5.30. The lowest BCUT2D eigenvalue weighted by Crippen LogP contribution is -2.37. The zero-order valence-electron chi connectivity index (χ0n) is 14.4. The van der Waals surface area contributed by atoms with Gasteiger partial charge >= 0.3 is 5.97 Å². The molecular formula is C19H19FN2O4S. The van der Waals surface area contributed by atoms with Crippen LogP contribution in [0.15, 0.2) is 48.5 Å². The van der Waals surface area contributed by atoms with Crippen molar-refractivity contribution in [3.8, 4) is 6.07 Å². The molecular weight excluding hydrogens is 371 g/mol. The van der Waals surface area contributed by atoms with E-state index in [1.807, 2.05) is 30.3 Å². The van der Waals surface area contributed by atoms with Gasteiger partial charge in [-0.1, -0.05) is 36.4 Å². The molecule has 2 rings (SSSR count). The van der Waals surface area contributed by atoms with Gasteiger partial charge in [-0.15, -0.1) is 0 Å². The molecule has 0 heterocycles. The molecule has 142 valence electrons. The van der Waals surface area contributed by atoms with Crippen LogP contribution in [0.3, 0.4) is 0 Å². The lowest BCUT2D eigenvalue weighted by molar-refractivity contribution is -0.137. The average molecular weight is 390 g/mol. The zero-order valence-corrected chi connectivity index (χ0v) is 15.2. The Bertz CT molecular complexity index is 940. The summed E-state index contributed by atoms with van der Waals surface area (Å²) in [5.41, 5.74) is 1.00. The van der Waals surface area contributed by atoms with Crippen LogP contribution in [0.5, 0.6) is 0 Å². The second kappa shape index (κ2) is 9.26. The number of rotatable bonds is 9. The van der Waals surface area contributed by atoms with Gasteiger partial charge in [-0.2, -0.15) is 5.26 Å². The Morgan fingerprint density at radius 3 is 2.56 bits per heavy atom. The summed E-state index contributed by atoms with van der Waals surface area (Å²) >= 11 is 0. The molecule has 0 aromatic heterocycles. The molecule has 2 aromatic rings. The van der Waals surface area contributed by atoms with Crippen molar-refractivity contribution < 1.29 is 22.7 Å². The summed E-state index contributed by atoms with van der Waals surface area (Å²) in [4.78, 5) is 10.9. The minimum Gasteiger partial charge on any atom is -0.481 e. The molecule has 1 unspecified atom stereocenters. The van der Waals surface area contributed by atoms with Gasteiger partial charge in [0.2, 0.25) is 10.0 Å². The molecule has 0 saturated carbocycles. The molecule has 2 aromatic carbocycles. The van der Waals surface area contributed by atoms with E-state index in [1.165, 1.54) is 6.07 Å². The molecule has 0 aliphatic carbocycles. The van der Waals surface area contributed by atoms with Gasteiger partial charge < -0.3 is 5.11 Å². The monoisotopic (exact) mass is 390 g/mol. The van der Waals surface area contributed by atoms with Crippen LogP contribution in [-0.2, 0) is 27.0 Å². The predicted molar refractivity (Wildman–Crippen MR) is 97.7 cm³/mol. The Morgan fingerprint density at radius 1 is 1.22 bits per heavy atom. The molecule has 0 bridgehead atoms. The maximum absolute atomic E-state index is 13.2. The van der Waals surface area contributed by atoms with Crippen molar-refractivity contribution in [3.63, 3.8) is 0 Å². The summed E-state index contributed by atoms with van der Waals surface area (Å²) in [6.07, 6.45) is 0.278. The lowest BCUT2D eigenvalue weighted by atomic mass is 10.0. The number of nitrogens with one attached hydrogen (secondary N) is 1. The number of nitrogens with zero attached hydrogens (tertiary/aromatic N) is 1. The fraction of sp³-hybridized carbons (Fsp3) is 0.263. The van der Waals surface area contributed by atoms with Crippen LogP contribution < -0.4 is 4.72 Å². The van der Waals surface area contributed by atoms with E-state index in [1.54, 1.807) is 6.07 Å². The summed E-state index contributed by atoms with van der Waals surface area (Å²) in [6.45, 7) is 0. The highest BCUT2D eigenvalue weighted by Gasteiger charge is 2.21. The van der Waals surface area contributed by atoms with E-state index in [2.05, 4.69) is 4.72 Å². The number of nitriles is 1. The summed E-state index contributed by atoms with van der Waals surface area (Å²) in [6, 6.07) is 13.6. The van der Waals surface area contributed by atoms with Gasteiger partial charge in [-0.3, -0.25) is 4.79 Å². The second-order valence-corrected chi connectivity index (χ2v) is 7.86. The largest absolute Gasteiger partial charge is 0.481 e. The third kappa shape index (κ3) is 6.81. The molecule has 6 nitrogen and oxygen atoms in total. The van der Waals surface area contributed by atoms with Crippen LogP contribution in [0, 0.1) is 17.1 Å². The molecule has 0 saturated heterocycles. The van der Waals surface area contributed by atoms with Gasteiger partial charge in [-0.05, 0) is 36.1 Å². The molecule has 0 aliphatic rings. The number of carboxylic acids is 1. The van der Waals surface area contributed by atoms with E-state index in [-0.39, 0.29) is 24.0 Å². The van der Waals surface area contributed by atoms with E-state index < -0.39 is 33.6 Å². The van der Waals surface area contributed by atoms with E-state index in [4.69, 9.17) is 10.4 Å². The van der Waals surface area contributed by atoms with Gasteiger partial charge in [0, 0.05) is 12.5 Å². The van der Waals surface area contributed by atoms with Gasteiger partial charge in [0.05, 0.1) is 17.4 Å². The molecule has 27 heavy (non-hydrogen) atoms. The number of hydrogen-bond acceptors (Lipinski definition) is 4. The highest BCUT2D eigenvalue weighted by atomic mass is 32.2. The minimum atomic E-state index is -3.86. The first-order valence-electron chi connectivity index (χ1n) is 8.23. The van der Waals surface area contributed by atoms with Gasteiger partial charge in [0.1, 0.15) is 5.82 Å². The Hall–Kier alpha value is -2.76. The normalized spacial score (nSPS) is 12.3. The number of aliphatic carboxylic acids is 1. The van der Waals surface area contributed by atoms with Crippen molar-refractivity contribution in [1.29, 1.82) is 5.26 Å². The van der Waals surface area contributed by atoms with Crippen molar-refractivity contribution >= 4 is 16.0 Å². The Labute approximate surface area is 157 Å². The molecule has 0 radical (unpaired) electrons. The maximum Gasteiger partial charge on any atom is 0.303 e. The molecule has 1 atom stereocenters. The van der Waals surface area contributed by atoms with Crippen LogP contribution in [0.2, 0.25) is 0 Å². The Balaban J connectivity index is 2.16. The average Bonchev–Trinajstić information content (AvgIpc) is 2.61. The first-order valence-corrected chi connectivity index (χ1v) is 9.88. The number of carbonyl (C=O) groups is 1.